The minimum Gasteiger partial charge on any atom is -0.386 e. The summed E-state index contributed by atoms with van der Waals surface area (Å²) in [6, 6.07) is 0. The van der Waals surface area contributed by atoms with Crippen LogP contribution in [0.1, 0.15) is 32.6 Å². The summed E-state index contributed by atoms with van der Waals surface area (Å²) in [5, 5.41) is 9.93. The van der Waals surface area contributed by atoms with E-state index in [0.29, 0.717) is 0 Å². The first-order valence-electron chi connectivity index (χ1n) is 4.13. The third-order valence-corrected chi connectivity index (χ3v) is 3.05. The van der Waals surface area contributed by atoms with Crippen molar-refractivity contribution >= 4 is 0 Å². The zero-order chi connectivity index (χ0) is 7.19. The van der Waals surface area contributed by atoms with Gasteiger partial charge in [-0.1, -0.05) is 6.08 Å². The van der Waals surface area contributed by atoms with Crippen molar-refractivity contribution in [1.82, 2.24) is 0 Å². The molecule has 2 unspecified atom stereocenters. The zero-order valence-electron chi connectivity index (χ0n) is 6.43. The fraction of sp³-hybridized carbons (Fsp3) is 0.778. The lowest BCUT2D eigenvalue weighted by Gasteiger charge is -2.22. The number of rotatable bonds is 0. The molecule has 1 nitrogen and oxygen atoms in total. The molecule has 2 fully saturated rings. The van der Waals surface area contributed by atoms with E-state index in [1.807, 2.05) is 6.92 Å². The minimum absolute atomic E-state index is 0.362. The Labute approximate surface area is 61.8 Å². The highest BCUT2D eigenvalue weighted by molar-refractivity contribution is 5.25. The highest BCUT2D eigenvalue weighted by Crippen LogP contribution is 2.50. The van der Waals surface area contributed by atoms with Crippen LogP contribution >= 0.6 is 0 Å². The molecule has 0 aromatic rings. The number of hydrogen-bond donors (Lipinski definition) is 1. The summed E-state index contributed by atoms with van der Waals surface area (Å²) in [5.74, 6) is 0.802. The van der Waals surface area contributed by atoms with Crippen molar-refractivity contribution in [3.63, 3.8) is 0 Å². The molecule has 0 aromatic heterocycles. The van der Waals surface area contributed by atoms with E-state index in [2.05, 4.69) is 6.08 Å². The first-order chi connectivity index (χ1) is 4.74. The van der Waals surface area contributed by atoms with E-state index >= 15 is 0 Å². The van der Waals surface area contributed by atoms with Crippen molar-refractivity contribution in [2.75, 3.05) is 0 Å². The van der Waals surface area contributed by atoms with Gasteiger partial charge in [0.2, 0.25) is 0 Å². The van der Waals surface area contributed by atoms with E-state index < -0.39 is 0 Å². The predicted octanol–water partition coefficient (Wildman–Crippen LogP) is 1.87. The molecule has 0 radical (unpaired) electrons. The Morgan fingerprint density at radius 1 is 1.70 bits per heavy atom. The highest BCUT2D eigenvalue weighted by Gasteiger charge is 2.46. The van der Waals surface area contributed by atoms with Crippen LogP contribution in [-0.4, -0.2) is 10.7 Å². The third-order valence-electron chi connectivity index (χ3n) is 3.05. The van der Waals surface area contributed by atoms with Crippen molar-refractivity contribution in [1.29, 1.82) is 0 Å². The standard InChI is InChI=1S/C9H14O/c1-2-8-5-7-3-4-9(8,10)6-7/h2,7,10H,3-6H2,1H3/b8-2+. The molecule has 2 rings (SSSR count). The molecule has 0 aliphatic heterocycles. The van der Waals surface area contributed by atoms with Crippen LogP contribution in [-0.2, 0) is 0 Å². The topological polar surface area (TPSA) is 20.2 Å². The van der Waals surface area contributed by atoms with E-state index in [4.69, 9.17) is 0 Å². The Balaban J connectivity index is 2.30. The van der Waals surface area contributed by atoms with Crippen LogP contribution in [0.15, 0.2) is 11.6 Å². The molecule has 0 amide bonds. The Morgan fingerprint density at radius 2 is 2.50 bits per heavy atom. The van der Waals surface area contributed by atoms with Gasteiger partial charge in [-0.25, -0.2) is 0 Å². The zero-order valence-corrected chi connectivity index (χ0v) is 6.43. The van der Waals surface area contributed by atoms with Crippen LogP contribution in [0.3, 0.4) is 0 Å². The maximum absolute atomic E-state index is 9.93. The summed E-state index contributed by atoms with van der Waals surface area (Å²) in [7, 11) is 0. The maximum atomic E-state index is 9.93. The molecule has 1 heteroatoms. The van der Waals surface area contributed by atoms with E-state index in [1.165, 1.54) is 12.0 Å². The summed E-state index contributed by atoms with van der Waals surface area (Å²) in [6.45, 7) is 2.04. The van der Waals surface area contributed by atoms with Crippen LogP contribution in [0, 0.1) is 5.92 Å². The predicted molar refractivity (Wildman–Crippen MR) is 40.7 cm³/mol. The van der Waals surface area contributed by atoms with Crippen molar-refractivity contribution in [2.45, 2.75) is 38.2 Å². The summed E-state index contributed by atoms with van der Waals surface area (Å²) < 4.78 is 0. The first kappa shape index (κ1) is 6.41. The molecule has 0 saturated heterocycles. The largest absolute Gasteiger partial charge is 0.386 e. The Kier molecular flexibility index (Phi) is 1.19. The van der Waals surface area contributed by atoms with Gasteiger partial charge in [-0.3, -0.25) is 0 Å². The lowest BCUT2D eigenvalue weighted by atomic mass is 9.91. The van der Waals surface area contributed by atoms with Crippen LogP contribution in [0.25, 0.3) is 0 Å². The molecule has 0 aromatic carbocycles. The normalized spacial score (nSPS) is 49.0. The molecule has 1 N–H and O–H groups in total. The average molecular weight is 138 g/mol. The second-order valence-electron chi connectivity index (χ2n) is 3.66. The van der Waals surface area contributed by atoms with Crippen LogP contribution < -0.4 is 0 Å². The molecule has 2 saturated carbocycles. The summed E-state index contributed by atoms with van der Waals surface area (Å²) in [4.78, 5) is 0. The van der Waals surface area contributed by atoms with Gasteiger partial charge in [0, 0.05) is 0 Å². The maximum Gasteiger partial charge on any atom is 0.0859 e. The van der Waals surface area contributed by atoms with Gasteiger partial charge in [-0.2, -0.15) is 0 Å². The molecule has 56 valence electrons. The van der Waals surface area contributed by atoms with Gasteiger partial charge >= 0.3 is 0 Å². The Bertz CT molecular complexity index is 183. The second-order valence-corrected chi connectivity index (χ2v) is 3.66. The molecular weight excluding hydrogens is 124 g/mol. The van der Waals surface area contributed by atoms with Gasteiger partial charge in [-0.15, -0.1) is 0 Å². The molecule has 0 heterocycles. The van der Waals surface area contributed by atoms with Gasteiger partial charge in [0.25, 0.3) is 0 Å². The third kappa shape index (κ3) is 0.671. The van der Waals surface area contributed by atoms with E-state index in [-0.39, 0.29) is 5.60 Å². The minimum atomic E-state index is -0.362. The molecule has 2 aliphatic carbocycles. The number of aliphatic hydroxyl groups is 1. The number of fused-ring (bicyclic) bond motifs is 2. The second kappa shape index (κ2) is 1.85. The van der Waals surface area contributed by atoms with Gasteiger partial charge < -0.3 is 5.11 Å². The van der Waals surface area contributed by atoms with E-state index in [9.17, 15) is 5.11 Å². The monoisotopic (exact) mass is 138 g/mol. The summed E-state index contributed by atoms with van der Waals surface area (Å²) in [5.41, 5.74) is 0.933. The van der Waals surface area contributed by atoms with Gasteiger partial charge in [-0.05, 0) is 44.1 Å². The molecule has 2 bridgehead atoms. The van der Waals surface area contributed by atoms with Crippen LogP contribution in [0.4, 0.5) is 0 Å². The quantitative estimate of drug-likeness (QED) is 0.507. The molecule has 10 heavy (non-hydrogen) atoms. The van der Waals surface area contributed by atoms with E-state index in [1.54, 1.807) is 0 Å². The van der Waals surface area contributed by atoms with Crippen molar-refractivity contribution in [3.05, 3.63) is 11.6 Å². The van der Waals surface area contributed by atoms with Gasteiger partial charge in [0.15, 0.2) is 0 Å². The highest BCUT2D eigenvalue weighted by atomic mass is 16.3. The van der Waals surface area contributed by atoms with E-state index in [0.717, 1.165) is 25.2 Å². The van der Waals surface area contributed by atoms with Crippen molar-refractivity contribution in [3.8, 4) is 0 Å². The Hall–Kier alpha value is -0.300. The molecular formula is C9H14O. The van der Waals surface area contributed by atoms with Crippen molar-refractivity contribution < 1.29 is 5.11 Å². The molecule has 2 atom stereocenters. The lowest BCUT2D eigenvalue weighted by molar-refractivity contribution is 0.0933. The Morgan fingerprint density at radius 3 is 2.80 bits per heavy atom. The number of hydrogen-bond acceptors (Lipinski definition) is 1. The van der Waals surface area contributed by atoms with Gasteiger partial charge in [0.1, 0.15) is 0 Å². The fourth-order valence-corrected chi connectivity index (χ4v) is 2.48. The SMILES string of the molecule is C/C=C1\CC2CCC1(O)C2. The average Bonchev–Trinajstić information content (AvgIpc) is 2.41. The summed E-state index contributed by atoms with van der Waals surface area (Å²) >= 11 is 0. The van der Waals surface area contributed by atoms with Crippen LogP contribution in [0.5, 0.6) is 0 Å². The smallest absolute Gasteiger partial charge is 0.0859 e. The number of allylic oxidation sites excluding steroid dienone is 1. The molecule has 0 spiro atoms. The van der Waals surface area contributed by atoms with Crippen LogP contribution in [0.2, 0.25) is 0 Å². The fourth-order valence-electron chi connectivity index (χ4n) is 2.48. The first-order valence-corrected chi connectivity index (χ1v) is 4.13. The van der Waals surface area contributed by atoms with Crippen molar-refractivity contribution in [2.24, 2.45) is 5.92 Å². The van der Waals surface area contributed by atoms with Gasteiger partial charge in [0.05, 0.1) is 5.60 Å². The molecule has 2 aliphatic rings. The summed E-state index contributed by atoms with van der Waals surface area (Å²) in [6.07, 6.45) is 6.55. The lowest BCUT2D eigenvalue weighted by Crippen LogP contribution is -2.23.